The van der Waals surface area contributed by atoms with Crippen molar-refractivity contribution >= 4 is 5.91 Å². The van der Waals surface area contributed by atoms with Crippen LogP contribution in [0.4, 0.5) is 0 Å². The zero-order valence-electron chi connectivity index (χ0n) is 14.5. The first-order valence-corrected chi connectivity index (χ1v) is 9.18. The Hall–Kier alpha value is -1.46. The van der Waals surface area contributed by atoms with Crippen molar-refractivity contribution in [1.29, 1.82) is 0 Å². The number of carbonyl (C=O) groups excluding carboxylic acids is 1. The number of hydrogen-bond donors (Lipinski definition) is 0. The molecule has 0 bridgehead atoms. The van der Waals surface area contributed by atoms with Gasteiger partial charge in [0.05, 0.1) is 17.9 Å². The third kappa shape index (κ3) is 3.33. The van der Waals surface area contributed by atoms with Crippen molar-refractivity contribution in [3.05, 3.63) is 30.1 Å². The lowest BCUT2D eigenvalue weighted by atomic mass is 9.88. The van der Waals surface area contributed by atoms with Gasteiger partial charge in [0.1, 0.15) is 0 Å². The van der Waals surface area contributed by atoms with E-state index in [1.165, 1.54) is 0 Å². The number of amides is 1. The minimum Gasteiger partial charge on any atom is -0.371 e. The maximum atomic E-state index is 12.4. The number of carbonyl (C=O) groups is 1. The molecule has 5 nitrogen and oxygen atoms in total. The van der Waals surface area contributed by atoms with Gasteiger partial charge in [0.2, 0.25) is 5.91 Å². The largest absolute Gasteiger partial charge is 0.371 e. The van der Waals surface area contributed by atoms with Crippen molar-refractivity contribution in [3.8, 4) is 0 Å². The molecule has 0 aromatic carbocycles. The summed E-state index contributed by atoms with van der Waals surface area (Å²) in [7, 11) is 2.15. The van der Waals surface area contributed by atoms with E-state index in [0.29, 0.717) is 17.9 Å². The van der Waals surface area contributed by atoms with Crippen LogP contribution in [0.5, 0.6) is 0 Å². The summed E-state index contributed by atoms with van der Waals surface area (Å²) in [5.74, 6) is 0.673. The molecule has 0 unspecified atom stereocenters. The molecule has 2 saturated heterocycles. The first-order valence-electron chi connectivity index (χ1n) is 9.18. The van der Waals surface area contributed by atoms with E-state index in [-0.39, 0.29) is 5.60 Å². The molecule has 24 heavy (non-hydrogen) atoms. The highest BCUT2D eigenvalue weighted by molar-refractivity contribution is 5.81. The molecule has 1 saturated carbocycles. The Balaban J connectivity index is 1.37. The predicted molar refractivity (Wildman–Crippen MR) is 91.3 cm³/mol. The number of pyridine rings is 1. The number of piperidine rings is 1. The molecule has 1 amide bonds. The molecule has 0 radical (unpaired) electrons. The van der Waals surface area contributed by atoms with Crippen molar-refractivity contribution in [2.75, 3.05) is 26.7 Å². The van der Waals surface area contributed by atoms with Crippen molar-refractivity contribution in [3.63, 3.8) is 0 Å². The minimum atomic E-state index is -0.119. The lowest BCUT2D eigenvalue weighted by molar-refractivity contribution is -0.140. The van der Waals surface area contributed by atoms with E-state index in [9.17, 15) is 4.79 Å². The quantitative estimate of drug-likeness (QED) is 0.848. The summed E-state index contributed by atoms with van der Waals surface area (Å²) in [6.07, 6.45) is 7.17. The van der Waals surface area contributed by atoms with E-state index in [2.05, 4.69) is 27.9 Å². The molecule has 130 valence electrons. The third-order valence-corrected chi connectivity index (χ3v) is 5.73. The van der Waals surface area contributed by atoms with Gasteiger partial charge in [-0.1, -0.05) is 6.07 Å². The molecule has 2 atom stereocenters. The Morgan fingerprint density at radius 1 is 1.46 bits per heavy atom. The highest BCUT2D eigenvalue weighted by Gasteiger charge is 2.47. The third-order valence-electron chi connectivity index (χ3n) is 5.73. The Morgan fingerprint density at radius 2 is 2.33 bits per heavy atom. The first kappa shape index (κ1) is 16.0. The highest BCUT2D eigenvalue weighted by Crippen LogP contribution is 2.39. The van der Waals surface area contributed by atoms with Gasteiger partial charge in [-0.15, -0.1) is 0 Å². The lowest BCUT2D eigenvalue weighted by Crippen LogP contribution is -2.51. The van der Waals surface area contributed by atoms with E-state index < -0.39 is 0 Å². The molecule has 1 aromatic rings. The fourth-order valence-corrected chi connectivity index (χ4v) is 4.14. The average Bonchev–Trinajstić information content (AvgIpc) is 3.38. The Labute approximate surface area is 144 Å². The average molecular weight is 329 g/mol. The van der Waals surface area contributed by atoms with Crippen LogP contribution in [-0.2, 0) is 16.1 Å². The second kappa shape index (κ2) is 6.45. The number of ether oxygens (including phenoxy) is 1. The van der Waals surface area contributed by atoms with Crippen LogP contribution in [0.1, 0.15) is 37.8 Å². The van der Waals surface area contributed by atoms with Crippen LogP contribution in [0.25, 0.3) is 0 Å². The van der Waals surface area contributed by atoms with E-state index in [1.807, 2.05) is 18.3 Å². The molecule has 3 heterocycles. The SMILES string of the molecule is CN(Cc1ccccn1)[C@H]1CO[C@]2(CCCN(C(=O)C3CC3)C2)C1. The zero-order valence-corrected chi connectivity index (χ0v) is 14.5. The molecule has 3 fully saturated rings. The van der Waals surface area contributed by atoms with E-state index in [0.717, 1.165) is 64.0 Å². The number of hydrogen-bond acceptors (Lipinski definition) is 4. The number of likely N-dealkylation sites (N-methyl/N-ethyl adjacent to an activating group) is 1. The summed E-state index contributed by atoms with van der Waals surface area (Å²) in [6.45, 7) is 3.30. The Morgan fingerprint density at radius 3 is 3.08 bits per heavy atom. The summed E-state index contributed by atoms with van der Waals surface area (Å²) < 4.78 is 6.28. The van der Waals surface area contributed by atoms with Crippen LogP contribution in [0, 0.1) is 5.92 Å². The van der Waals surface area contributed by atoms with Gasteiger partial charge >= 0.3 is 0 Å². The monoisotopic (exact) mass is 329 g/mol. The number of rotatable bonds is 4. The second-order valence-electron chi connectivity index (χ2n) is 7.73. The van der Waals surface area contributed by atoms with Gasteiger partial charge in [0, 0.05) is 37.8 Å². The smallest absolute Gasteiger partial charge is 0.225 e. The Bertz CT molecular complexity index is 590. The first-order chi connectivity index (χ1) is 11.7. The van der Waals surface area contributed by atoms with Crippen molar-refractivity contribution in [1.82, 2.24) is 14.8 Å². The van der Waals surface area contributed by atoms with Crippen LogP contribution in [-0.4, -0.2) is 59.1 Å². The Kier molecular flexibility index (Phi) is 4.31. The maximum absolute atomic E-state index is 12.4. The van der Waals surface area contributed by atoms with Gasteiger partial charge < -0.3 is 9.64 Å². The van der Waals surface area contributed by atoms with Gasteiger partial charge in [0.15, 0.2) is 0 Å². The van der Waals surface area contributed by atoms with Crippen LogP contribution < -0.4 is 0 Å². The fraction of sp³-hybridized carbons (Fsp3) is 0.684. The molecule has 0 N–H and O–H groups in total. The van der Waals surface area contributed by atoms with Gasteiger partial charge in [-0.25, -0.2) is 0 Å². The van der Waals surface area contributed by atoms with Crippen LogP contribution in [0.15, 0.2) is 24.4 Å². The van der Waals surface area contributed by atoms with Crippen molar-refractivity contribution in [2.45, 2.75) is 50.3 Å². The molecule has 1 spiro atoms. The molecule has 3 aliphatic rings. The summed E-state index contributed by atoms with van der Waals surface area (Å²) in [6, 6.07) is 6.46. The van der Waals surface area contributed by atoms with Gasteiger partial charge in [-0.2, -0.15) is 0 Å². The summed E-state index contributed by atoms with van der Waals surface area (Å²) in [4.78, 5) is 21.2. The predicted octanol–water partition coefficient (Wildman–Crippen LogP) is 2.07. The molecule has 4 rings (SSSR count). The standard InChI is InChI=1S/C19H27N3O2/c1-21(12-16-5-2-3-9-20-16)17-11-19(24-13-17)8-4-10-22(14-19)18(23)15-6-7-15/h2-3,5,9,15,17H,4,6-8,10-14H2,1H3/t17-,19-/m1/s1. The van der Waals surface area contributed by atoms with E-state index >= 15 is 0 Å². The summed E-state index contributed by atoms with van der Waals surface area (Å²) in [5.41, 5.74) is 0.974. The molecular weight excluding hydrogens is 302 g/mol. The molecule has 5 heteroatoms. The van der Waals surface area contributed by atoms with Gasteiger partial charge in [0.25, 0.3) is 0 Å². The summed E-state index contributed by atoms with van der Waals surface area (Å²) >= 11 is 0. The number of aromatic nitrogens is 1. The molecular formula is C19H27N3O2. The minimum absolute atomic E-state index is 0.119. The van der Waals surface area contributed by atoms with Crippen LogP contribution in [0.3, 0.4) is 0 Å². The fourth-order valence-electron chi connectivity index (χ4n) is 4.14. The van der Waals surface area contributed by atoms with E-state index in [4.69, 9.17) is 4.74 Å². The van der Waals surface area contributed by atoms with Crippen molar-refractivity contribution in [2.24, 2.45) is 5.92 Å². The lowest BCUT2D eigenvalue weighted by Gasteiger charge is -2.40. The van der Waals surface area contributed by atoms with Crippen LogP contribution in [0.2, 0.25) is 0 Å². The second-order valence-corrected chi connectivity index (χ2v) is 7.73. The summed E-state index contributed by atoms with van der Waals surface area (Å²) in [5, 5.41) is 0. The van der Waals surface area contributed by atoms with Crippen LogP contribution >= 0.6 is 0 Å². The molecule has 2 aliphatic heterocycles. The normalized spacial score (nSPS) is 30.2. The van der Waals surface area contributed by atoms with E-state index in [1.54, 1.807) is 0 Å². The van der Waals surface area contributed by atoms with Crippen molar-refractivity contribution < 1.29 is 9.53 Å². The van der Waals surface area contributed by atoms with Gasteiger partial charge in [-0.05, 0) is 51.3 Å². The maximum Gasteiger partial charge on any atom is 0.225 e. The number of likely N-dealkylation sites (tertiary alicyclic amines) is 1. The van der Waals surface area contributed by atoms with Gasteiger partial charge in [-0.3, -0.25) is 14.7 Å². The zero-order chi connectivity index (χ0) is 16.6. The molecule has 1 aromatic heterocycles. The number of nitrogens with zero attached hydrogens (tertiary/aromatic N) is 3. The topological polar surface area (TPSA) is 45.7 Å². The highest BCUT2D eigenvalue weighted by atomic mass is 16.5. The molecule has 1 aliphatic carbocycles.